The minimum absolute atomic E-state index is 0.264. The first-order chi connectivity index (χ1) is 19.2. The van der Waals surface area contributed by atoms with Crippen LogP contribution in [-0.2, 0) is 5.41 Å². The molecule has 1 heterocycles. The zero-order valence-corrected chi connectivity index (χ0v) is 21.4. The van der Waals surface area contributed by atoms with E-state index in [1.165, 1.54) is 0 Å². The van der Waals surface area contributed by atoms with Crippen LogP contribution in [0.15, 0.2) is 133 Å². The highest BCUT2D eigenvalue weighted by Gasteiger charge is 2.48. The largest absolute Gasteiger partial charge is 0.507 e. The number of furan rings is 1. The van der Waals surface area contributed by atoms with Crippen molar-refractivity contribution < 1.29 is 9.52 Å². The topological polar surface area (TPSA) is 33.4 Å². The van der Waals surface area contributed by atoms with Gasteiger partial charge in [0, 0.05) is 22.1 Å². The standard InChI is InChI=1S/C37H26O2/c1-3-26-28-19-13-20-29(36(28)39-33(26)4-2)27-22-23-32(38)34-30-18-11-12-21-31(30)37(35(27)34,24-14-7-5-8-15-24)25-16-9-6-10-17-25/h3-23,38H,1-2H2. The molecule has 0 atom stereocenters. The third-order valence-electron chi connectivity index (χ3n) is 8.03. The third kappa shape index (κ3) is 3.09. The Kier molecular flexibility index (Phi) is 5.17. The van der Waals surface area contributed by atoms with Gasteiger partial charge in [0.25, 0.3) is 0 Å². The summed E-state index contributed by atoms with van der Waals surface area (Å²) < 4.78 is 6.42. The summed E-state index contributed by atoms with van der Waals surface area (Å²) >= 11 is 0. The average molecular weight is 503 g/mol. The Labute approximate surface area is 227 Å². The predicted octanol–water partition coefficient (Wildman–Crippen LogP) is 9.45. The molecule has 1 aliphatic carbocycles. The highest BCUT2D eigenvalue weighted by Crippen LogP contribution is 2.61. The second-order valence-corrected chi connectivity index (χ2v) is 9.88. The van der Waals surface area contributed by atoms with Gasteiger partial charge in [-0.2, -0.15) is 0 Å². The minimum atomic E-state index is -0.653. The Morgan fingerprint density at radius 1 is 0.615 bits per heavy atom. The van der Waals surface area contributed by atoms with Gasteiger partial charge in [0.2, 0.25) is 0 Å². The average Bonchev–Trinajstić information content (AvgIpc) is 3.53. The summed E-state index contributed by atoms with van der Waals surface area (Å²) in [5.74, 6) is 0.962. The number of phenolic OH excluding ortho intramolecular Hbond substituents is 1. The SMILES string of the molecule is C=Cc1oc2c(-c3ccc(O)c4c3C(c3ccccc3)(c3ccccc3)c3ccccc3-4)cccc2c1C=C. The van der Waals surface area contributed by atoms with Crippen LogP contribution in [0.25, 0.3) is 45.4 Å². The van der Waals surface area contributed by atoms with Gasteiger partial charge in [-0.15, -0.1) is 0 Å². The molecule has 0 radical (unpaired) electrons. The Morgan fingerprint density at radius 3 is 1.92 bits per heavy atom. The monoisotopic (exact) mass is 502 g/mol. The lowest BCUT2D eigenvalue weighted by Gasteiger charge is -2.35. The number of hydrogen-bond acceptors (Lipinski definition) is 2. The van der Waals surface area contributed by atoms with Gasteiger partial charge >= 0.3 is 0 Å². The van der Waals surface area contributed by atoms with Crippen molar-refractivity contribution in [3.8, 4) is 28.0 Å². The van der Waals surface area contributed by atoms with Crippen molar-refractivity contribution in [2.75, 3.05) is 0 Å². The number of phenols is 1. The third-order valence-corrected chi connectivity index (χ3v) is 8.03. The Balaban J connectivity index is 1.69. The van der Waals surface area contributed by atoms with E-state index in [0.717, 1.165) is 61.0 Å². The molecule has 1 aliphatic rings. The van der Waals surface area contributed by atoms with E-state index in [0.29, 0.717) is 5.76 Å². The van der Waals surface area contributed by atoms with Crippen molar-refractivity contribution in [2.45, 2.75) is 5.41 Å². The molecule has 7 rings (SSSR count). The lowest BCUT2D eigenvalue weighted by molar-refractivity contribution is 0.477. The fourth-order valence-corrected chi connectivity index (χ4v) is 6.51. The van der Waals surface area contributed by atoms with Crippen LogP contribution in [0.3, 0.4) is 0 Å². The van der Waals surface area contributed by atoms with Crippen molar-refractivity contribution in [3.05, 3.63) is 162 Å². The van der Waals surface area contributed by atoms with Gasteiger partial charge in [-0.05, 0) is 45.5 Å². The summed E-state index contributed by atoms with van der Waals surface area (Å²) in [6.45, 7) is 7.98. The highest BCUT2D eigenvalue weighted by atomic mass is 16.3. The molecule has 5 aromatic carbocycles. The van der Waals surface area contributed by atoms with E-state index in [2.05, 4.69) is 98.1 Å². The molecule has 1 N–H and O–H groups in total. The molecule has 0 spiro atoms. The molecule has 0 saturated heterocycles. The van der Waals surface area contributed by atoms with E-state index >= 15 is 0 Å². The first-order valence-electron chi connectivity index (χ1n) is 13.1. The number of rotatable bonds is 5. The Bertz CT molecular complexity index is 1850. The van der Waals surface area contributed by atoms with Gasteiger partial charge in [-0.25, -0.2) is 0 Å². The van der Waals surface area contributed by atoms with E-state index in [-0.39, 0.29) is 5.75 Å². The summed E-state index contributed by atoms with van der Waals surface area (Å²) in [5.41, 5.74) is 9.38. The van der Waals surface area contributed by atoms with Crippen molar-refractivity contribution in [3.63, 3.8) is 0 Å². The minimum Gasteiger partial charge on any atom is -0.507 e. The molecular weight excluding hydrogens is 476 g/mol. The molecule has 0 unspecified atom stereocenters. The zero-order valence-electron chi connectivity index (χ0n) is 21.4. The van der Waals surface area contributed by atoms with E-state index in [1.54, 1.807) is 6.08 Å². The normalized spacial score (nSPS) is 13.1. The maximum atomic E-state index is 11.5. The molecule has 0 aliphatic heterocycles. The fraction of sp³-hybridized carbons (Fsp3) is 0.0270. The quantitative estimate of drug-likeness (QED) is 0.254. The number of benzene rings is 5. The molecular formula is C37H26O2. The molecule has 39 heavy (non-hydrogen) atoms. The van der Waals surface area contributed by atoms with Crippen LogP contribution < -0.4 is 0 Å². The van der Waals surface area contributed by atoms with Crippen LogP contribution in [0.2, 0.25) is 0 Å². The maximum absolute atomic E-state index is 11.5. The summed E-state index contributed by atoms with van der Waals surface area (Å²) in [7, 11) is 0. The van der Waals surface area contributed by atoms with Crippen molar-refractivity contribution in [1.82, 2.24) is 0 Å². The lowest BCUT2D eigenvalue weighted by Crippen LogP contribution is -2.29. The molecule has 2 heteroatoms. The summed E-state index contributed by atoms with van der Waals surface area (Å²) in [4.78, 5) is 0. The molecule has 0 amide bonds. The molecule has 0 saturated carbocycles. The van der Waals surface area contributed by atoms with Crippen LogP contribution in [-0.4, -0.2) is 5.11 Å². The summed E-state index contributed by atoms with van der Waals surface area (Å²) in [6, 6.07) is 39.7. The fourth-order valence-electron chi connectivity index (χ4n) is 6.51. The smallest absolute Gasteiger partial charge is 0.143 e. The molecule has 0 fully saturated rings. The number of hydrogen-bond donors (Lipinski definition) is 1. The molecule has 186 valence electrons. The van der Waals surface area contributed by atoms with Crippen LogP contribution in [0.4, 0.5) is 0 Å². The number of fused-ring (bicyclic) bond motifs is 4. The van der Waals surface area contributed by atoms with Gasteiger partial charge in [-0.3, -0.25) is 0 Å². The predicted molar refractivity (Wildman–Crippen MR) is 161 cm³/mol. The van der Waals surface area contributed by atoms with Gasteiger partial charge in [0.15, 0.2) is 0 Å². The van der Waals surface area contributed by atoms with Crippen molar-refractivity contribution in [1.29, 1.82) is 0 Å². The second kappa shape index (κ2) is 8.75. The Hall–Kier alpha value is -5.08. The van der Waals surface area contributed by atoms with E-state index in [9.17, 15) is 5.11 Å². The first kappa shape index (κ1) is 23.1. The summed E-state index contributed by atoms with van der Waals surface area (Å²) in [6.07, 6.45) is 3.55. The summed E-state index contributed by atoms with van der Waals surface area (Å²) in [5, 5.41) is 12.4. The van der Waals surface area contributed by atoms with Crippen LogP contribution in [0.5, 0.6) is 5.75 Å². The number of aromatic hydroxyl groups is 1. The molecule has 1 aromatic heterocycles. The van der Waals surface area contributed by atoms with Crippen LogP contribution in [0.1, 0.15) is 33.6 Å². The lowest BCUT2D eigenvalue weighted by atomic mass is 9.66. The second-order valence-electron chi connectivity index (χ2n) is 9.88. The van der Waals surface area contributed by atoms with E-state index in [4.69, 9.17) is 4.42 Å². The Morgan fingerprint density at radius 2 is 1.26 bits per heavy atom. The van der Waals surface area contributed by atoms with Crippen LogP contribution in [0, 0.1) is 0 Å². The van der Waals surface area contributed by atoms with Crippen LogP contribution >= 0.6 is 0 Å². The molecule has 6 aromatic rings. The highest BCUT2D eigenvalue weighted by molar-refractivity contribution is 6.03. The van der Waals surface area contributed by atoms with E-state index < -0.39 is 5.41 Å². The molecule has 2 nitrogen and oxygen atoms in total. The van der Waals surface area contributed by atoms with Crippen molar-refractivity contribution >= 4 is 23.1 Å². The van der Waals surface area contributed by atoms with Gasteiger partial charge < -0.3 is 9.52 Å². The van der Waals surface area contributed by atoms with Gasteiger partial charge in [0.1, 0.15) is 17.1 Å². The van der Waals surface area contributed by atoms with E-state index in [1.807, 2.05) is 36.4 Å². The maximum Gasteiger partial charge on any atom is 0.143 e. The zero-order chi connectivity index (χ0) is 26.6. The number of para-hydroxylation sites is 1. The molecule has 0 bridgehead atoms. The van der Waals surface area contributed by atoms with Crippen molar-refractivity contribution in [2.24, 2.45) is 0 Å². The first-order valence-corrected chi connectivity index (χ1v) is 13.1. The van der Waals surface area contributed by atoms with Gasteiger partial charge in [-0.1, -0.05) is 128 Å². The van der Waals surface area contributed by atoms with Gasteiger partial charge in [0.05, 0.1) is 5.41 Å².